The molecule has 0 saturated carbocycles. The Morgan fingerprint density at radius 2 is 2.08 bits per heavy atom. The van der Waals surface area contributed by atoms with Crippen molar-refractivity contribution < 1.29 is 9.47 Å². The van der Waals surface area contributed by atoms with E-state index < -0.39 is 0 Å². The van der Waals surface area contributed by atoms with Crippen LogP contribution in [0.15, 0.2) is 12.2 Å². The lowest BCUT2D eigenvalue weighted by atomic mass is 10.0. The summed E-state index contributed by atoms with van der Waals surface area (Å²) >= 11 is 0. The minimum Gasteiger partial charge on any atom is -0.378 e. The molecule has 0 aromatic carbocycles. The summed E-state index contributed by atoms with van der Waals surface area (Å²) in [7, 11) is 0. The Labute approximate surface area is 79.9 Å². The zero-order chi connectivity index (χ0) is 9.10. The first kappa shape index (κ1) is 9.22. The Bertz CT molecular complexity index is 183. The Balaban J connectivity index is 1.64. The van der Waals surface area contributed by atoms with Crippen LogP contribution >= 0.6 is 0 Å². The molecule has 0 N–H and O–H groups in total. The van der Waals surface area contributed by atoms with Gasteiger partial charge < -0.3 is 9.47 Å². The molecular weight excluding hydrogens is 164 g/mol. The summed E-state index contributed by atoms with van der Waals surface area (Å²) in [5.74, 6) is 0. The Morgan fingerprint density at radius 3 is 2.69 bits per heavy atom. The molecule has 0 aliphatic carbocycles. The molecule has 2 atom stereocenters. The second kappa shape index (κ2) is 4.25. The molecule has 0 radical (unpaired) electrons. The van der Waals surface area contributed by atoms with Crippen LogP contribution in [-0.4, -0.2) is 25.4 Å². The first-order chi connectivity index (χ1) is 6.34. The third kappa shape index (κ3) is 2.55. The molecule has 2 nitrogen and oxygen atoms in total. The van der Waals surface area contributed by atoms with Crippen molar-refractivity contribution in [2.45, 2.75) is 44.3 Å². The fraction of sp³-hybridized carbons (Fsp3) is 0.818. The van der Waals surface area contributed by atoms with Crippen molar-refractivity contribution in [1.82, 2.24) is 0 Å². The van der Waals surface area contributed by atoms with E-state index in [1.165, 1.54) is 18.4 Å². The van der Waals surface area contributed by atoms with Gasteiger partial charge in [-0.05, 0) is 37.7 Å². The quantitative estimate of drug-likeness (QED) is 0.623. The van der Waals surface area contributed by atoms with Crippen LogP contribution in [0.5, 0.6) is 0 Å². The minimum absolute atomic E-state index is 0.427. The number of ether oxygens (including phenoxy) is 2. The van der Waals surface area contributed by atoms with Gasteiger partial charge in [-0.2, -0.15) is 0 Å². The van der Waals surface area contributed by atoms with Gasteiger partial charge in [0.25, 0.3) is 0 Å². The molecule has 2 rings (SSSR count). The monoisotopic (exact) mass is 182 g/mol. The van der Waals surface area contributed by atoms with Gasteiger partial charge in [0, 0.05) is 6.61 Å². The molecule has 2 saturated heterocycles. The normalized spacial score (nSPS) is 34.3. The van der Waals surface area contributed by atoms with E-state index in [0.29, 0.717) is 12.2 Å². The highest BCUT2D eigenvalue weighted by molar-refractivity contribution is 5.01. The maximum atomic E-state index is 5.57. The molecule has 2 aliphatic heterocycles. The molecule has 0 spiro atoms. The van der Waals surface area contributed by atoms with E-state index >= 15 is 0 Å². The predicted molar refractivity (Wildman–Crippen MR) is 51.7 cm³/mol. The highest BCUT2D eigenvalue weighted by Crippen LogP contribution is 2.24. The van der Waals surface area contributed by atoms with Crippen molar-refractivity contribution in [3.8, 4) is 0 Å². The lowest BCUT2D eigenvalue weighted by Crippen LogP contribution is -2.11. The smallest absolute Gasteiger partial charge is 0.0679 e. The van der Waals surface area contributed by atoms with Gasteiger partial charge in [-0.25, -0.2) is 0 Å². The van der Waals surface area contributed by atoms with Crippen LogP contribution < -0.4 is 0 Å². The Hall–Kier alpha value is -0.340. The van der Waals surface area contributed by atoms with Gasteiger partial charge in [0.1, 0.15) is 0 Å². The van der Waals surface area contributed by atoms with E-state index in [-0.39, 0.29) is 0 Å². The molecule has 0 aromatic heterocycles. The molecule has 2 unspecified atom stereocenters. The van der Waals surface area contributed by atoms with Crippen LogP contribution in [0.4, 0.5) is 0 Å². The molecular formula is C11H18O2. The Kier molecular flexibility index (Phi) is 3.01. The van der Waals surface area contributed by atoms with Crippen LogP contribution in [-0.2, 0) is 9.47 Å². The highest BCUT2D eigenvalue weighted by atomic mass is 16.5. The molecule has 0 aromatic rings. The lowest BCUT2D eigenvalue weighted by Gasteiger charge is -2.12. The lowest BCUT2D eigenvalue weighted by molar-refractivity contribution is 0.0662. The number of rotatable bonds is 3. The maximum absolute atomic E-state index is 5.57. The topological polar surface area (TPSA) is 18.5 Å². The molecule has 2 fully saturated rings. The van der Waals surface area contributed by atoms with Gasteiger partial charge in [-0.1, -0.05) is 6.58 Å². The van der Waals surface area contributed by atoms with Crippen LogP contribution in [0.3, 0.4) is 0 Å². The minimum atomic E-state index is 0.427. The van der Waals surface area contributed by atoms with Crippen molar-refractivity contribution in [2.24, 2.45) is 0 Å². The van der Waals surface area contributed by atoms with E-state index in [1.54, 1.807) is 0 Å². The van der Waals surface area contributed by atoms with Gasteiger partial charge in [0.15, 0.2) is 0 Å². The van der Waals surface area contributed by atoms with Crippen molar-refractivity contribution in [3.05, 3.63) is 12.2 Å². The molecule has 74 valence electrons. The fourth-order valence-electron chi connectivity index (χ4n) is 2.10. The van der Waals surface area contributed by atoms with Gasteiger partial charge in [0.2, 0.25) is 0 Å². The number of hydrogen-bond acceptors (Lipinski definition) is 2. The van der Waals surface area contributed by atoms with Gasteiger partial charge in [-0.15, -0.1) is 0 Å². The molecule has 2 heterocycles. The highest BCUT2D eigenvalue weighted by Gasteiger charge is 2.21. The molecule has 2 aliphatic rings. The summed E-state index contributed by atoms with van der Waals surface area (Å²) in [6, 6.07) is 0. The van der Waals surface area contributed by atoms with Gasteiger partial charge in [0.05, 0.1) is 18.8 Å². The van der Waals surface area contributed by atoms with Crippen LogP contribution in [0.1, 0.15) is 32.1 Å². The molecule has 13 heavy (non-hydrogen) atoms. The Morgan fingerprint density at radius 1 is 1.23 bits per heavy atom. The third-order valence-electron chi connectivity index (χ3n) is 2.87. The SMILES string of the molecule is C=C1COC(CCC2CCCO2)C1. The standard InChI is InChI=1S/C11H18O2/c1-9-7-11(13-8-9)5-4-10-3-2-6-12-10/h10-11H,1-8H2. The zero-order valence-electron chi connectivity index (χ0n) is 8.13. The van der Waals surface area contributed by atoms with Crippen molar-refractivity contribution in [1.29, 1.82) is 0 Å². The second-order valence-corrected chi connectivity index (χ2v) is 4.10. The summed E-state index contributed by atoms with van der Waals surface area (Å²) in [4.78, 5) is 0. The van der Waals surface area contributed by atoms with Gasteiger partial charge in [-0.3, -0.25) is 0 Å². The van der Waals surface area contributed by atoms with E-state index in [1.807, 2.05) is 0 Å². The van der Waals surface area contributed by atoms with E-state index in [2.05, 4.69) is 6.58 Å². The maximum Gasteiger partial charge on any atom is 0.0679 e. The predicted octanol–water partition coefficient (Wildman–Crippen LogP) is 2.29. The molecule has 0 amide bonds. The summed E-state index contributed by atoms with van der Waals surface area (Å²) in [5.41, 5.74) is 1.25. The summed E-state index contributed by atoms with van der Waals surface area (Å²) in [6.45, 7) is 5.66. The van der Waals surface area contributed by atoms with Crippen molar-refractivity contribution >= 4 is 0 Å². The summed E-state index contributed by atoms with van der Waals surface area (Å²) in [5, 5.41) is 0. The fourth-order valence-corrected chi connectivity index (χ4v) is 2.10. The summed E-state index contributed by atoms with van der Waals surface area (Å²) < 4.78 is 11.1. The van der Waals surface area contributed by atoms with E-state index in [9.17, 15) is 0 Å². The van der Waals surface area contributed by atoms with Gasteiger partial charge >= 0.3 is 0 Å². The molecule has 0 bridgehead atoms. The van der Waals surface area contributed by atoms with Crippen molar-refractivity contribution in [3.63, 3.8) is 0 Å². The first-order valence-corrected chi connectivity index (χ1v) is 5.24. The van der Waals surface area contributed by atoms with E-state index in [0.717, 1.165) is 32.5 Å². The zero-order valence-corrected chi connectivity index (χ0v) is 8.13. The van der Waals surface area contributed by atoms with E-state index in [4.69, 9.17) is 9.47 Å². The largest absolute Gasteiger partial charge is 0.378 e. The molecule has 2 heteroatoms. The number of hydrogen-bond donors (Lipinski definition) is 0. The third-order valence-corrected chi connectivity index (χ3v) is 2.87. The second-order valence-electron chi connectivity index (χ2n) is 4.10. The average molecular weight is 182 g/mol. The van der Waals surface area contributed by atoms with Crippen LogP contribution in [0.25, 0.3) is 0 Å². The first-order valence-electron chi connectivity index (χ1n) is 5.24. The van der Waals surface area contributed by atoms with Crippen LogP contribution in [0, 0.1) is 0 Å². The van der Waals surface area contributed by atoms with Crippen LogP contribution in [0.2, 0.25) is 0 Å². The van der Waals surface area contributed by atoms with Crippen molar-refractivity contribution in [2.75, 3.05) is 13.2 Å². The average Bonchev–Trinajstić information content (AvgIpc) is 2.71. The summed E-state index contributed by atoms with van der Waals surface area (Å²) in [6.07, 6.45) is 6.79.